The van der Waals surface area contributed by atoms with Crippen molar-refractivity contribution in [1.82, 2.24) is 0 Å². The van der Waals surface area contributed by atoms with Crippen molar-refractivity contribution in [3.05, 3.63) is 53.6 Å². The molecule has 2 heterocycles. The van der Waals surface area contributed by atoms with Crippen LogP contribution in [0.2, 0.25) is 0 Å². The summed E-state index contributed by atoms with van der Waals surface area (Å²) in [6.07, 6.45) is 6.95. The molecule has 0 amide bonds. The highest BCUT2D eigenvalue weighted by Crippen LogP contribution is 2.59. The number of benzene rings is 2. The molecule has 5 fully saturated rings. The highest BCUT2D eigenvalue weighted by atomic mass is 32.2. The zero-order valence-corrected chi connectivity index (χ0v) is 20.5. The molecule has 1 saturated heterocycles. The minimum atomic E-state index is -1.18. The quantitative estimate of drug-likeness (QED) is 0.529. The van der Waals surface area contributed by atoms with Crippen LogP contribution < -0.4 is 4.74 Å². The second kappa shape index (κ2) is 7.25. The molecule has 4 aliphatic carbocycles. The van der Waals surface area contributed by atoms with E-state index in [-0.39, 0.29) is 18.2 Å². The summed E-state index contributed by atoms with van der Waals surface area (Å²) in [5, 5.41) is 0. The number of ether oxygens (including phenoxy) is 4. The van der Waals surface area contributed by atoms with Crippen LogP contribution in [0.1, 0.15) is 56.6 Å². The predicted molar refractivity (Wildman–Crippen MR) is 127 cm³/mol. The van der Waals surface area contributed by atoms with Crippen LogP contribution in [-0.4, -0.2) is 30.9 Å². The molecule has 2 aliphatic heterocycles. The van der Waals surface area contributed by atoms with E-state index in [1.807, 2.05) is 43.3 Å². The van der Waals surface area contributed by atoms with Crippen LogP contribution in [-0.2, 0) is 24.8 Å². The van der Waals surface area contributed by atoms with Gasteiger partial charge in [-0.1, -0.05) is 30.0 Å². The Labute approximate surface area is 204 Å². The van der Waals surface area contributed by atoms with Gasteiger partial charge in [0.1, 0.15) is 11.4 Å². The number of carbonyl (C=O) groups is 1. The first-order chi connectivity index (χ1) is 16.4. The maximum absolute atomic E-state index is 13.8. The summed E-state index contributed by atoms with van der Waals surface area (Å²) in [6.45, 7) is 1.97. The Kier molecular flexibility index (Phi) is 4.54. The molecule has 5 nitrogen and oxygen atoms in total. The zero-order valence-electron chi connectivity index (χ0n) is 19.7. The van der Waals surface area contributed by atoms with E-state index in [9.17, 15) is 4.79 Å². The first kappa shape index (κ1) is 21.3. The van der Waals surface area contributed by atoms with Crippen molar-refractivity contribution in [1.29, 1.82) is 0 Å². The summed E-state index contributed by atoms with van der Waals surface area (Å²) in [5.74, 6) is 1.41. The summed E-state index contributed by atoms with van der Waals surface area (Å²) in [5.41, 5.74) is 0.308. The van der Waals surface area contributed by atoms with Gasteiger partial charge in [-0.3, -0.25) is 0 Å². The number of hydrogen-bond donors (Lipinski definition) is 0. The van der Waals surface area contributed by atoms with Gasteiger partial charge in [0.05, 0.1) is 13.7 Å². The van der Waals surface area contributed by atoms with Gasteiger partial charge in [-0.15, -0.1) is 0 Å². The molecule has 178 valence electrons. The van der Waals surface area contributed by atoms with Crippen molar-refractivity contribution < 1.29 is 23.7 Å². The molecule has 2 aromatic rings. The van der Waals surface area contributed by atoms with Crippen LogP contribution in [0.5, 0.6) is 5.75 Å². The molecule has 0 aromatic heterocycles. The Bertz CT molecular complexity index is 1140. The van der Waals surface area contributed by atoms with Gasteiger partial charge in [-0.05, 0) is 87.5 Å². The fourth-order valence-electron chi connectivity index (χ4n) is 7.52. The summed E-state index contributed by atoms with van der Waals surface area (Å²) < 4.78 is 25.2. The summed E-state index contributed by atoms with van der Waals surface area (Å²) in [7, 11) is 1.65. The van der Waals surface area contributed by atoms with Gasteiger partial charge < -0.3 is 18.9 Å². The van der Waals surface area contributed by atoms with E-state index >= 15 is 0 Å². The molecule has 34 heavy (non-hydrogen) atoms. The third kappa shape index (κ3) is 3.04. The molecule has 8 rings (SSSR count). The van der Waals surface area contributed by atoms with E-state index in [4.69, 9.17) is 18.9 Å². The fourth-order valence-corrected chi connectivity index (χ4v) is 8.65. The predicted octanol–water partition coefficient (Wildman–Crippen LogP) is 5.68. The van der Waals surface area contributed by atoms with Gasteiger partial charge in [0.25, 0.3) is 0 Å². The highest BCUT2D eigenvalue weighted by molar-refractivity contribution is 7.99. The van der Waals surface area contributed by atoms with Crippen molar-refractivity contribution in [2.75, 3.05) is 13.7 Å². The Balaban J connectivity index is 1.24. The second-order valence-corrected chi connectivity index (χ2v) is 12.3. The molecule has 6 heteroatoms. The van der Waals surface area contributed by atoms with Gasteiger partial charge in [-0.2, -0.15) is 0 Å². The average Bonchev–Trinajstić information content (AvgIpc) is 3.17. The van der Waals surface area contributed by atoms with Crippen molar-refractivity contribution in [3.63, 3.8) is 0 Å². The maximum atomic E-state index is 13.8. The molecule has 0 N–H and O–H groups in total. The third-order valence-electron chi connectivity index (χ3n) is 8.65. The molecular formula is C28H30O5S. The first-order valence-corrected chi connectivity index (χ1v) is 13.3. The molecule has 1 spiro atoms. The fraction of sp³-hybridized carbons (Fsp3) is 0.536. The SMILES string of the molecule is COc1ccc2c(c1)C1(OCC(C)(C(=O)OC34CC5CC(CC(C5)C3)C4)O1)c1ccccc1S2. The van der Waals surface area contributed by atoms with Gasteiger partial charge in [0, 0.05) is 20.9 Å². The van der Waals surface area contributed by atoms with E-state index in [0.717, 1.165) is 45.9 Å². The number of carbonyl (C=O) groups excluding carboxylic acids is 1. The summed E-state index contributed by atoms with van der Waals surface area (Å²) in [4.78, 5) is 15.9. The molecule has 0 radical (unpaired) electrons. The molecule has 4 saturated carbocycles. The lowest BCUT2D eigenvalue weighted by molar-refractivity contribution is -0.216. The Hall–Kier alpha value is -2.02. The van der Waals surface area contributed by atoms with Gasteiger partial charge in [-0.25, -0.2) is 4.79 Å². The van der Waals surface area contributed by atoms with Crippen LogP contribution in [0.15, 0.2) is 52.3 Å². The standard InChI is InChI=1S/C28H30O5S/c1-26(25(29)32-27-13-17-9-18(14-27)11-19(10-17)15-27)16-31-28(33-26)21-5-3-4-6-23(21)34-24-8-7-20(30-2)12-22(24)28/h3-8,12,17-19H,9-11,13-16H2,1-2H3. The molecule has 2 atom stereocenters. The monoisotopic (exact) mass is 478 g/mol. The number of esters is 1. The minimum Gasteiger partial charge on any atom is -0.497 e. The Morgan fingerprint density at radius 3 is 2.35 bits per heavy atom. The van der Waals surface area contributed by atoms with E-state index in [2.05, 4.69) is 6.07 Å². The van der Waals surface area contributed by atoms with Crippen molar-refractivity contribution in [3.8, 4) is 5.75 Å². The van der Waals surface area contributed by atoms with E-state index in [0.29, 0.717) is 17.8 Å². The molecule has 4 bridgehead atoms. The molecule has 2 unspecified atom stereocenters. The van der Waals surface area contributed by atoms with Gasteiger partial charge in [0.2, 0.25) is 5.79 Å². The number of hydrogen-bond acceptors (Lipinski definition) is 6. The molecule has 6 aliphatic rings. The van der Waals surface area contributed by atoms with Crippen LogP contribution >= 0.6 is 11.8 Å². The lowest BCUT2D eigenvalue weighted by Crippen LogP contribution is -2.55. The highest BCUT2D eigenvalue weighted by Gasteiger charge is 2.60. The van der Waals surface area contributed by atoms with Crippen LogP contribution in [0.4, 0.5) is 0 Å². The van der Waals surface area contributed by atoms with Crippen LogP contribution in [0, 0.1) is 17.8 Å². The average molecular weight is 479 g/mol. The summed E-state index contributed by atoms with van der Waals surface area (Å²) in [6, 6.07) is 14.1. The second-order valence-electron chi connectivity index (χ2n) is 11.2. The number of fused-ring (bicyclic) bond motifs is 4. The van der Waals surface area contributed by atoms with Gasteiger partial charge >= 0.3 is 5.97 Å². The van der Waals surface area contributed by atoms with Crippen molar-refractivity contribution in [2.45, 2.75) is 72.2 Å². The molecular weight excluding hydrogens is 448 g/mol. The summed E-state index contributed by atoms with van der Waals surface area (Å²) >= 11 is 1.68. The van der Waals surface area contributed by atoms with E-state index < -0.39 is 11.4 Å². The zero-order chi connectivity index (χ0) is 23.1. The Morgan fingerprint density at radius 1 is 0.971 bits per heavy atom. The van der Waals surface area contributed by atoms with Crippen molar-refractivity contribution >= 4 is 17.7 Å². The Morgan fingerprint density at radius 2 is 1.65 bits per heavy atom. The maximum Gasteiger partial charge on any atom is 0.341 e. The van der Waals surface area contributed by atoms with E-state index in [1.54, 1.807) is 18.9 Å². The lowest BCUT2D eigenvalue weighted by atomic mass is 9.54. The van der Waals surface area contributed by atoms with E-state index in [1.165, 1.54) is 19.3 Å². The third-order valence-corrected chi connectivity index (χ3v) is 9.80. The number of rotatable bonds is 3. The topological polar surface area (TPSA) is 54.0 Å². The normalized spacial score (nSPS) is 39.1. The lowest BCUT2D eigenvalue weighted by Gasteiger charge is -2.56. The smallest absolute Gasteiger partial charge is 0.341 e. The first-order valence-electron chi connectivity index (χ1n) is 12.4. The number of methoxy groups -OCH3 is 1. The molecule has 2 aromatic carbocycles. The van der Waals surface area contributed by atoms with Crippen molar-refractivity contribution in [2.24, 2.45) is 17.8 Å². The largest absolute Gasteiger partial charge is 0.497 e. The minimum absolute atomic E-state index is 0.147. The van der Waals surface area contributed by atoms with Gasteiger partial charge in [0.15, 0.2) is 5.60 Å². The van der Waals surface area contributed by atoms with Crippen LogP contribution in [0.25, 0.3) is 0 Å². The van der Waals surface area contributed by atoms with Crippen LogP contribution in [0.3, 0.4) is 0 Å².